The van der Waals surface area contributed by atoms with Crippen molar-refractivity contribution in [3.05, 3.63) is 46.4 Å². The fraction of sp³-hybridized carbons (Fsp3) is 0.444. The maximum atomic E-state index is 11.8. The lowest BCUT2D eigenvalue weighted by Gasteiger charge is -2.10. The molecule has 130 valence electrons. The average molecular weight is 347 g/mol. The molecule has 0 amide bonds. The molecule has 0 spiro atoms. The minimum absolute atomic E-state index is 0.149. The van der Waals surface area contributed by atoms with Crippen LogP contribution in [0.1, 0.15) is 33.4 Å². The first-order valence-electron chi connectivity index (χ1n) is 8.14. The quantitative estimate of drug-likeness (QED) is 0.749. The van der Waals surface area contributed by atoms with Gasteiger partial charge in [-0.15, -0.1) is 0 Å². The van der Waals surface area contributed by atoms with Crippen LogP contribution in [-0.4, -0.2) is 21.8 Å². The van der Waals surface area contributed by atoms with E-state index < -0.39 is 0 Å². The topological polar surface area (TPSA) is 67.0 Å². The Hall–Kier alpha value is -1.95. The maximum Gasteiger partial charge on any atom is 0.252 e. The molecule has 0 bridgehead atoms. The van der Waals surface area contributed by atoms with Crippen LogP contribution in [0.2, 0.25) is 0 Å². The second-order valence-corrected chi connectivity index (χ2v) is 7.86. The van der Waals surface area contributed by atoms with E-state index in [2.05, 4.69) is 43.0 Å². The Labute approximate surface area is 147 Å². The number of hydrogen-bond acceptors (Lipinski definition) is 5. The summed E-state index contributed by atoms with van der Waals surface area (Å²) in [6, 6.07) is 9.17. The number of ether oxygens (including phenoxy) is 1. The number of aromatic nitrogens is 2. The van der Waals surface area contributed by atoms with Gasteiger partial charge in [-0.3, -0.25) is 9.78 Å². The van der Waals surface area contributed by atoms with Crippen molar-refractivity contribution in [2.24, 2.45) is 5.92 Å². The lowest BCUT2D eigenvalue weighted by molar-refractivity contribution is 0.271. The van der Waals surface area contributed by atoms with E-state index in [0.29, 0.717) is 23.7 Å². The molecule has 0 atom stereocenters. The lowest BCUT2D eigenvalue weighted by atomic mass is 10.2. The highest BCUT2D eigenvalue weighted by Gasteiger charge is 2.04. The van der Waals surface area contributed by atoms with E-state index in [-0.39, 0.29) is 5.56 Å². The molecule has 0 unspecified atom stereocenters. The molecule has 0 saturated heterocycles. The number of thioether (sulfide) groups is 1. The Morgan fingerprint density at radius 2 is 1.92 bits per heavy atom. The molecule has 1 heterocycles. The lowest BCUT2D eigenvalue weighted by Crippen LogP contribution is -2.12. The maximum absolute atomic E-state index is 11.8. The first-order chi connectivity index (χ1) is 11.4. The number of aromatic amines is 1. The highest BCUT2D eigenvalue weighted by atomic mass is 32.2. The fourth-order valence-electron chi connectivity index (χ4n) is 1.93. The van der Waals surface area contributed by atoms with E-state index in [1.165, 1.54) is 0 Å². The molecule has 0 radical (unpaired) electrons. The summed E-state index contributed by atoms with van der Waals surface area (Å²) in [5.74, 6) is 2.50. The van der Waals surface area contributed by atoms with E-state index >= 15 is 0 Å². The van der Waals surface area contributed by atoms with E-state index in [1.807, 2.05) is 24.3 Å². The van der Waals surface area contributed by atoms with Gasteiger partial charge in [-0.05, 0) is 35.4 Å². The van der Waals surface area contributed by atoms with Crippen LogP contribution in [0.15, 0.2) is 35.1 Å². The highest BCUT2D eigenvalue weighted by molar-refractivity contribution is 7.99. The van der Waals surface area contributed by atoms with Crippen LogP contribution < -0.4 is 15.6 Å². The number of hydrogen-bond donors (Lipinski definition) is 2. The molecule has 2 N–H and O–H groups in total. The largest absolute Gasteiger partial charge is 0.493 e. The first kappa shape index (κ1) is 18.4. The zero-order valence-electron chi connectivity index (χ0n) is 14.6. The van der Waals surface area contributed by atoms with Crippen LogP contribution in [0.3, 0.4) is 0 Å². The second kappa shape index (κ2) is 8.78. The Morgan fingerprint density at radius 3 is 2.54 bits per heavy atom. The van der Waals surface area contributed by atoms with Crippen molar-refractivity contribution in [3.8, 4) is 5.75 Å². The zero-order valence-corrected chi connectivity index (χ0v) is 15.4. The van der Waals surface area contributed by atoms with Gasteiger partial charge in [-0.1, -0.05) is 27.7 Å². The summed E-state index contributed by atoms with van der Waals surface area (Å²) in [4.78, 5) is 19.0. The van der Waals surface area contributed by atoms with Gasteiger partial charge < -0.3 is 10.1 Å². The van der Waals surface area contributed by atoms with Crippen LogP contribution in [0, 0.1) is 5.92 Å². The van der Waals surface area contributed by atoms with Gasteiger partial charge in [0.2, 0.25) is 5.95 Å². The normalized spacial score (nSPS) is 11.1. The van der Waals surface area contributed by atoms with E-state index in [4.69, 9.17) is 4.74 Å². The zero-order chi connectivity index (χ0) is 17.5. The van der Waals surface area contributed by atoms with E-state index in [0.717, 1.165) is 22.9 Å². The Kier molecular flexibility index (Phi) is 6.73. The predicted molar refractivity (Wildman–Crippen MR) is 101 cm³/mol. The van der Waals surface area contributed by atoms with Gasteiger partial charge in [0.1, 0.15) is 5.75 Å². The molecule has 0 aliphatic heterocycles. The summed E-state index contributed by atoms with van der Waals surface area (Å²) in [6.45, 7) is 9.17. The Bertz CT molecular complexity index is 696. The third-order valence-corrected chi connectivity index (χ3v) is 4.19. The third kappa shape index (κ3) is 6.28. The van der Waals surface area contributed by atoms with Crippen LogP contribution in [0.25, 0.3) is 0 Å². The number of nitrogens with zero attached hydrogens (tertiary/aromatic N) is 1. The van der Waals surface area contributed by atoms with Gasteiger partial charge in [-0.2, -0.15) is 11.8 Å². The van der Waals surface area contributed by atoms with E-state index in [1.54, 1.807) is 17.8 Å². The van der Waals surface area contributed by atoms with Crippen molar-refractivity contribution in [1.82, 2.24) is 9.97 Å². The van der Waals surface area contributed by atoms with Gasteiger partial charge >= 0.3 is 0 Å². The molecular formula is C18H25N3O2S. The molecule has 0 saturated carbocycles. The van der Waals surface area contributed by atoms with Crippen molar-refractivity contribution in [3.63, 3.8) is 0 Å². The van der Waals surface area contributed by atoms with Gasteiger partial charge in [0.15, 0.2) is 0 Å². The summed E-state index contributed by atoms with van der Waals surface area (Å²) in [5.41, 5.74) is 1.48. The fourth-order valence-corrected chi connectivity index (χ4v) is 2.58. The molecule has 2 aromatic rings. The van der Waals surface area contributed by atoms with Crippen LogP contribution in [0.5, 0.6) is 5.75 Å². The molecule has 2 rings (SSSR count). The van der Waals surface area contributed by atoms with Gasteiger partial charge in [0.05, 0.1) is 12.3 Å². The molecule has 24 heavy (non-hydrogen) atoms. The number of H-pyrrole nitrogens is 1. The Balaban J connectivity index is 2.03. The number of anilines is 2. The van der Waals surface area contributed by atoms with Crippen molar-refractivity contribution in [2.75, 3.05) is 11.9 Å². The molecule has 1 aromatic carbocycles. The van der Waals surface area contributed by atoms with Crippen molar-refractivity contribution >= 4 is 23.4 Å². The van der Waals surface area contributed by atoms with Crippen molar-refractivity contribution in [1.29, 1.82) is 0 Å². The Morgan fingerprint density at radius 1 is 1.21 bits per heavy atom. The predicted octanol–water partition coefficient (Wildman–Crippen LogP) is 4.19. The monoisotopic (exact) mass is 347 g/mol. The minimum atomic E-state index is -0.149. The summed E-state index contributed by atoms with van der Waals surface area (Å²) >= 11 is 1.76. The summed E-state index contributed by atoms with van der Waals surface area (Å²) in [6.07, 6.45) is 0. The number of rotatable bonds is 8. The number of nitrogens with one attached hydrogen (secondary N) is 2. The SMILES string of the molecule is CC(C)COc1ccc(Nc2nc(CSC(C)C)cc(=O)[nH]2)cc1. The standard InChI is InChI=1S/C18H25N3O2S/c1-12(2)10-23-16-7-5-14(6-8-16)19-18-20-15(9-17(22)21-18)11-24-13(3)4/h5-9,12-13H,10-11H2,1-4H3,(H2,19,20,21,22). The summed E-state index contributed by atoms with van der Waals surface area (Å²) < 4.78 is 5.66. The summed E-state index contributed by atoms with van der Waals surface area (Å²) in [7, 11) is 0. The summed E-state index contributed by atoms with van der Waals surface area (Å²) in [5, 5.41) is 3.63. The third-order valence-electron chi connectivity index (χ3n) is 3.06. The second-order valence-electron chi connectivity index (χ2n) is 6.30. The van der Waals surface area contributed by atoms with Crippen molar-refractivity contribution < 1.29 is 4.74 Å². The van der Waals surface area contributed by atoms with Gasteiger partial charge in [0, 0.05) is 17.5 Å². The van der Waals surface area contributed by atoms with Gasteiger partial charge in [-0.25, -0.2) is 4.98 Å². The van der Waals surface area contributed by atoms with E-state index in [9.17, 15) is 4.79 Å². The van der Waals surface area contributed by atoms with Gasteiger partial charge in [0.25, 0.3) is 5.56 Å². The highest BCUT2D eigenvalue weighted by Crippen LogP contribution is 2.19. The molecular weight excluding hydrogens is 322 g/mol. The molecule has 0 aliphatic carbocycles. The molecule has 5 nitrogen and oxygen atoms in total. The number of benzene rings is 1. The first-order valence-corrected chi connectivity index (χ1v) is 9.19. The average Bonchev–Trinajstić information content (AvgIpc) is 2.52. The molecule has 0 fully saturated rings. The van der Waals surface area contributed by atoms with Crippen LogP contribution in [-0.2, 0) is 5.75 Å². The molecule has 6 heteroatoms. The smallest absolute Gasteiger partial charge is 0.252 e. The molecule has 1 aromatic heterocycles. The van der Waals surface area contributed by atoms with Crippen LogP contribution >= 0.6 is 11.8 Å². The minimum Gasteiger partial charge on any atom is -0.493 e. The molecule has 0 aliphatic rings. The van der Waals surface area contributed by atoms with Crippen molar-refractivity contribution in [2.45, 2.75) is 38.7 Å². The van der Waals surface area contributed by atoms with Crippen LogP contribution in [0.4, 0.5) is 11.6 Å².